The summed E-state index contributed by atoms with van der Waals surface area (Å²) in [5.74, 6) is 0.607. The number of rotatable bonds is 0. The van der Waals surface area contributed by atoms with E-state index in [1.165, 1.54) is 0 Å². The molecule has 0 aliphatic carbocycles. The summed E-state index contributed by atoms with van der Waals surface area (Å²) in [6.07, 6.45) is 0. The van der Waals surface area contributed by atoms with Crippen molar-refractivity contribution >= 4 is 28.4 Å². The van der Waals surface area contributed by atoms with Gasteiger partial charge in [-0.3, -0.25) is 4.99 Å². The predicted molar refractivity (Wildman–Crippen MR) is 40.2 cm³/mol. The van der Waals surface area contributed by atoms with Crippen LogP contribution in [0.5, 0.6) is 0 Å². The number of nitrogens with zero attached hydrogens (tertiary/aromatic N) is 1. The molecule has 0 aromatic heterocycles. The first-order valence-electron chi connectivity index (χ1n) is 2.33. The average molecular weight is 226 g/mol. The molecule has 1 heterocycles. The fourth-order valence-corrected chi connectivity index (χ4v) is 1.13. The van der Waals surface area contributed by atoms with Crippen molar-refractivity contribution in [3.8, 4) is 0 Å². The molecule has 46 valence electrons. The number of ether oxygens (including phenoxy) is 1. The Kier molecular flexibility index (Phi) is 2.07. The van der Waals surface area contributed by atoms with Crippen molar-refractivity contribution in [2.75, 3.05) is 13.2 Å². The Morgan fingerprint density at radius 3 is 3.00 bits per heavy atom. The molecule has 0 radical (unpaired) electrons. The lowest BCUT2D eigenvalue weighted by molar-refractivity contribution is 0.166. The number of alkyl halides is 1. The van der Waals surface area contributed by atoms with E-state index < -0.39 is 0 Å². The van der Waals surface area contributed by atoms with Gasteiger partial charge in [0.1, 0.15) is 16.5 Å². The number of halogens is 1. The molecule has 0 aromatic carbocycles. The molecule has 0 aromatic rings. The van der Waals surface area contributed by atoms with Crippen molar-refractivity contribution in [3.63, 3.8) is 0 Å². The highest BCUT2D eigenvalue weighted by molar-refractivity contribution is 14.1. The maximum atomic E-state index is 5.35. The van der Waals surface area contributed by atoms with E-state index in [4.69, 9.17) is 10.5 Å². The first-order chi connectivity index (χ1) is 3.79. The lowest BCUT2D eigenvalue weighted by Gasteiger charge is -2.12. The Labute approximate surface area is 61.4 Å². The van der Waals surface area contributed by atoms with E-state index in [-0.39, 0.29) is 4.05 Å². The first-order valence-corrected chi connectivity index (χ1v) is 3.57. The summed E-state index contributed by atoms with van der Waals surface area (Å²) in [5, 5.41) is 0. The Morgan fingerprint density at radius 2 is 2.62 bits per heavy atom. The minimum Gasteiger partial charge on any atom is -0.385 e. The molecule has 0 fully saturated rings. The second-order valence-corrected chi connectivity index (χ2v) is 3.01. The molecule has 1 rings (SSSR count). The smallest absolute Gasteiger partial charge is 0.126 e. The van der Waals surface area contributed by atoms with E-state index in [0.29, 0.717) is 19.0 Å². The van der Waals surface area contributed by atoms with E-state index >= 15 is 0 Å². The molecule has 0 spiro atoms. The Balaban J connectivity index is 2.50. The third-order valence-corrected chi connectivity index (χ3v) is 1.45. The Morgan fingerprint density at radius 1 is 1.88 bits per heavy atom. The molecule has 0 bridgehead atoms. The molecule has 1 atom stereocenters. The van der Waals surface area contributed by atoms with Crippen molar-refractivity contribution in [2.45, 2.75) is 4.05 Å². The van der Waals surface area contributed by atoms with Gasteiger partial charge in [-0.25, -0.2) is 0 Å². The van der Waals surface area contributed by atoms with Crippen LogP contribution in [0.25, 0.3) is 0 Å². The Hall–Kier alpha value is 0.160. The van der Waals surface area contributed by atoms with Gasteiger partial charge in [-0.05, 0) is 0 Å². The number of hydrogen-bond acceptors (Lipinski definition) is 3. The molecule has 4 heteroatoms. The largest absolute Gasteiger partial charge is 0.385 e. The summed E-state index contributed by atoms with van der Waals surface area (Å²) in [5.41, 5.74) is 5.35. The number of hydrogen-bond donors (Lipinski definition) is 1. The van der Waals surface area contributed by atoms with Gasteiger partial charge in [0.2, 0.25) is 0 Å². The summed E-state index contributed by atoms with van der Waals surface area (Å²) in [7, 11) is 0. The van der Waals surface area contributed by atoms with Crippen LogP contribution in [0.1, 0.15) is 0 Å². The molecule has 0 amide bonds. The Bertz CT molecular complexity index is 115. The van der Waals surface area contributed by atoms with Gasteiger partial charge in [0.05, 0.1) is 6.61 Å². The lowest BCUT2D eigenvalue weighted by Crippen LogP contribution is -2.28. The second kappa shape index (κ2) is 2.63. The highest BCUT2D eigenvalue weighted by Crippen LogP contribution is 2.05. The van der Waals surface area contributed by atoms with E-state index in [1.54, 1.807) is 0 Å². The predicted octanol–water partition coefficient (Wildman–Crippen LogP) is 0.135. The third kappa shape index (κ3) is 1.59. The molecule has 1 aliphatic heterocycles. The van der Waals surface area contributed by atoms with Gasteiger partial charge in [0.15, 0.2) is 0 Å². The van der Waals surface area contributed by atoms with Crippen LogP contribution in [0.15, 0.2) is 4.99 Å². The molecule has 3 nitrogen and oxygen atoms in total. The maximum absolute atomic E-state index is 5.35. The quantitative estimate of drug-likeness (QED) is 0.362. The van der Waals surface area contributed by atoms with Crippen molar-refractivity contribution in [2.24, 2.45) is 10.7 Å². The van der Waals surface area contributed by atoms with Crippen LogP contribution in [0, 0.1) is 0 Å². The summed E-state index contributed by atoms with van der Waals surface area (Å²) >= 11 is 2.18. The van der Waals surface area contributed by atoms with Gasteiger partial charge >= 0.3 is 0 Å². The zero-order valence-electron chi connectivity index (χ0n) is 4.30. The van der Waals surface area contributed by atoms with Gasteiger partial charge in [-0.15, -0.1) is 0 Å². The van der Waals surface area contributed by atoms with Gasteiger partial charge in [0.25, 0.3) is 0 Å². The zero-order chi connectivity index (χ0) is 5.98. The summed E-state index contributed by atoms with van der Waals surface area (Å²) in [6, 6.07) is 0. The number of amidine groups is 1. The number of aliphatic imine (C=N–C) groups is 1. The van der Waals surface area contributed by atoms with Crippen molar-refractivity contribution in [1.82, 2.24) is 0 Å². The highest BCUT2D eigenvalue weighted by Gasteiger charge is 2.07. The van der Waals surface area contributed by atoms with Crippen molar-refractivity contribution in [3.05, 3.63) is 0 Å². The van der Waals surface area contributed by atoms with Gasteiger partial charge in [0, 0.05) is 0 Å². The fourth-order valence-electron chi connectivity index (χ4n) is 0.515. The highest BCUT2D eigenvalue weighted by atomic mass is 127. The van der Waals surface area contributed by atoms with Crippen LogP contribution < -0.4 is 5.73 Å². The van der Waals surface area contributed by atoms with Crippen LogP contribution in [-0.4, -0.2) is 23.1 Å². The number of nitrogens with two attached hydrogens (primary N) is 1. The standard InChI is InChI=1S/C4H7IN2O/c5-3-1-8-2-4(6)7-3/h3H,1-2H2,(H2,6,7)/t3-/m0/s1. The molecule has 0 unspecified atom stereocenters. The molecular formula is C4H7IN2O. The van der Waals surface area contributed by atoms with Crippen molar-refractivity contribution in [1.29, 1.82) is 0 Å². The minimum absolute atomic E-state index is 0.223. The molecule has 0 saturated heterocycles. The lowest BCUT2D eigenvalue weighted by atomic mass is 10.5. The summed E-state index contributed by atoms with van der Waals surface area (Å²) in [6.45, 7) is 1.20. The molecule has 8 heavy (non-hydrogen) atoms. The monoisotopic (exact) mass is 226 g/mol. The van der Waals surface area contributed by atoms with E-state index in [1.807, 2.05) is 0 Å². The normalized spacial score (nSPS) is 29.6. The van der Waals surface area contributed by atoms with Gasteiger partial charge in [-0.1, -0.05) is 22.6 Å². The molecule has 2 N–H and O–H groups in total. The summed E-state index contributed by atoms with van der Waals surface area (Å²) < 4.78 is 5.25. The topological polar surface area (TPSA) is 47.6 Å². The van der Waals surface area contributed by atoms with Crippen LogP contribution in [0.4, 0.5) is 0 Å². The van der Waals surface area contributed by atoms with E-state index in [0.717, 1.165) is 0 Å². The maximum Gasteiger partial charge on any atom is 0.126 e. The minimum atomic E-state index is 0.223. The first kappa shape index (κ1) is 6.28. The zero-order valence-corrected chi connectivity index (χ0v) is 6.46. The van der Waals surface area contributed by atoms with E-state index in [9.17, 15) is 0 Å². The SMILES string of the molecule is NC1=N[C@H](I)COC1. The van der Waals surface area contributed by atoms with Crippen molar-refractivity contribution < 1.29 is 4.74 Å². The van der Waals surface area contributed by atoms with Crippen LogP contribution in [0.2, 0.25) is 0 Å². The average Bonchev–Trinajstić information content (AvgIpc) is 1.64. The molecular weight excluding hydrogens is 219 g/mol. The second-order valence-electron chi connectivity index (χ2n) is 1.57. The van der Waals surface area contributed by atoms with Crippen LogP contribution >= 0.6 is 22.6 Å². The fraction of sp³-hybridized carbons (Fsp3) is 0.750. The molecule has 0 saturated carbocycles. The van der Waals surface area contributed by atoms with Gasteiger partial charge in [-0.2, -0.15) is 0 Å². The van der Waals surface area contributed by atoms with Crippen LogP contribution in [-0.2, 0) is 4.74 Å². The van der Waals surface area contributed by atoms with Gasteiger partial charge < -0.3 is 10.5 Å². The summed E-state index contributed by atoms with van der Waals surface area (Å²) in [4.78, 5) is 4.04. The molecule has 1 aliphatic rings. The van der Waals surface area contributed by atoms with E-state index in [2.05, 4.69) is 27.6 Å². The third-order valence-electron chi connectivity index (χ3n) is 0.811. The van der Waals surface area contributed by atoms with Crippen LogP contribution in [0.3, 0.4) is 0 Å².